The van der Waals surface area contributed by atoms with Crippen molar-refractivity contribution in [3.8, 4) is 0 Å². The predicted octanol–water partition coefficient (Wildman–Crippen LogP) is 4.13. The molecular weight excluding hydrogens is 224 g/mol. The Morgan fingerprint density at radius 1 is 0.667 bits per heavy atom. The van der Waals surface area contributed by atoms with Gasteiger partial charge in [-0.1, -0.05) is 60.7 Å². The summed E-state index contributed by atoms with van der Waals surface area (Å²) in [6, 6.07) is 20.2. The van der Waals surface area contributed by atoms with E-state index in [9.17, 15) is 0 Å². The van der Waals surface area contributed by atoms with E-state index in [1.54, 1.807) is 0 Å². The first-order chi connectivity index (χ1) is 6.88. The molecule has 0 nitrogen and oxygen atoms in total. The van der Waals surface area contributed by atoms with Crippen LogP contribution >= 0.6 is 25.1 Å². The van der Waals surface area contributed by atoms with Crippen molar-refractivity contribution < 1.29 is 0 Å². The highest BCUT2D eigenvalue weighted by Crippen LogP contribution is 2.27. The second kappa shape index (κ2) is 5.84. The molecule has 0 aliphatic heterocycles. The zero-order valence-electron chi connectivity index (χ0n) is 8.23. The normalized spacial score (nSPS) is 9.73. The predicted molar refractivity (Wildman–Crippen MR) is 71.0 cm³/mol. The molecule has 0 fully saturated rings. The van der Waals surface area contributed by atoms with Gasteiger partial charge >= 0.3 is 0 Å². The fourth-order valence-corrected chi connectivity index (χ4v) is 1.73. The summed E-state index contributed by atoms with van der Waals surface area (Å²) in [5.74, 6) is 0. The van der Waals surface area contributed by atoms with E-state index in [0.717, 1.165) is 11.1 Å². The third-order valence-corrected chi connectivity index (χ3v) is 2.69. The fraction of sp³-hybridized carbons (Fsp3) is 0.0769. The number of halogens is 1. The smallest absolute Gasteiger partial charge is 0.0835 e. The van der Waals surface area contributed by atoms with Crippen LogP contribution in [0, 0.1) is 0 Å². The molecule has 78 valence electrons. The summed E-state index contributed by atoms with van der Waals surface area (Å²) >= 11 is 6.33. The Hall–Kier alpha value is -0.920. The molecule has 2 heteroatoms. The minimum atomic E-state index is -0.0441. The first kappa shape index (κ1) is 12.2. The Kier molecular flexibility index (Phi) is 4.73. The van der Waals surface area contributed by atoms with Gasteiger partial charge in [-0.25, -0.2) is 0 Å². The van der Waals surface area contributed by atoms with Crippen molar-refractivity contribution >= 4 is 25.1 Å². The highest BCUT2D eigenvalue weighted by molar-refractivity contribution is 7.59. The topological polar surface area (TPSA) is 0 Å². The number of alkyl halides is 1. The molecular formula is C13H13ClS. The maximum atomic E-state index is 6.33. The molecule has 0 amide bonds. The summed E-state index contributed by atoms with van der Waals surface area (Å²) in [6.45, 7) is 0. The molecule has 0 aliphatic rings. The standard InChI is InChI=1S/C13H11Cl.H2S/c14-13(11-7-3-1-4-8-11)12-9-5-2-6-10-12;/h1-10,13H;1H2. The molecule has 0 radical (unpaired) electrons. The van der Waals surface area contributed by atoms with Crippen LogP contribution in [0.15, 0.2) is 60.7 Å². The molecule has 0 saturated carbocycles. The van der Waals surface area contributed by atoms with E-state index < -0.39 is 0 Å². The highest BCUT2D eigenvalue weighted by atomic mass is 35.5. The van der Waals surface area contributed by atoms with Crippen molar-refractivity contribution in [3.63, 3.8) is 0 Å². The molecule has 0 unspecified atom stereocenters. The Morgan fingerprint density at radius 3 is 1.33 bits per heavy atom. The van der Waals surface area contributed by atoms with Gasteiger partial charge in [-0.3, -0.25) is 0 Å². The van der Waals surface area contributed by atoms with Crippen LogP contribution in [-0.4, -0.2) is 0 Å². The van der Waals surface area contributed by atoms with Crippen LogP contribution < -0.4 is 0 Å². The molecule has 2 aromatic carbocycles. The number of hydrogen-bond donors (Lipinski definition) is 0. The largest absolute Gasteiger partial charge is 0.197 e. The summed E-state index contributed by atoms with van der Waals surface area (Å²) in [4.78, 5) is 0. The van der Waals surface area contributed by atoms with E-state index in [-0.39, 0.29) is 18.9 Å². The number of hydrogen-bond acceptors (Lipinski definition) is 0. The van der Waals surface area contributed by atoms with Gasteiger partial charge < -0.3 is 0 Å². The lowest BCUT2D eigenvalue weighted by Gasteiger charge is -2.09. The monoisotopic (exact) mass is 236 g/mol. The molecule has 0 aliphatic carbocycles. The van der Waals surface area contributed by atoms with Crippen LogP contribution in [0.1, 0.15) is 16.5 Å². The molecule has 0 bridgehead atoms. The average Bonchev–Trinajstić information content (AvgIpc) is 2.30. The van der Waals surface area contributed by atoms with Gasteiger partial charge in [0.25, 0.3) is 0 Å². The molecule has 2 rings (SSSR count). The minimum Gasteiger partial charge on any atom is -0.197 e. The van der Waals surface area contributed by atoms with Gasteiger partial charge in [-0.15, -0.1) is 11.6 Å². The Balaban J connectivity index is 0.00000112. The minimum absolute atomic E-state index is 0. The first-order valence-electron chi connectivity index (χ1n) is 4.62. The molecule has 0 heterocycles. The maximum absolute atomic E-state index is 6.33. The molecule has 0 spiro atoms. The van der Waals surface area contributed by atoms with Crippen LogP contribution in [0.4, 0.5) is 0 Å². The number of benzene rings is 2. The lowest BCUT2D eigenvalue weighted by molar-refractivity contribution is 1.14. The van der Waals surface area contributed by atoms with E-state index in [1.165, 1.54) is 0 Å². The number of rotatable bonds is 2. The zero-order valence-corrected chi connectivity index (χ0v) is 9.98. The Labute approximate surface area is 102 Å². The summed E-state index contributed by atoms with van der Waals surface area (Å²) in [5.41, 5.74) is 2.28. The molecule has 0 aromatic heterocycles. The van der Waals surface area contributed by atoms with E-state index in [4.69, 9.17) is 11.6 Å². The van der Waals surface area contributed by atoms with E-state index in [0.29, 0.717) is 0 Å². The lowest BCUT2D eigenvalue weighted by atomic mass is 10.0. The lowest BCUT2D eigenvalue weighted by Crippen LogP contribution is -1.91. The van der Waals surface area contributed by atoms with Crippen molar-refractivity contribution in [2.45, 2.75) is 5.38 Å². The van der Waals surface area contributed by atoms with Crippen molar-refractivity contribution in [2.75, 3.05) is 0 Å². The van der Waals surface area contributed by atoms with Crippen LogP contribution in [0.2, 0.25) is 0 Å². The summed E-state index contributed by atoms with van der Waals surface area (Å²) in [7, 11) is 0. The van der Waals surface area contributed by atoms with Crippen LogP contribution in [0.25, 0.3) is 0 Å². The fourth-order valence-electron chi connectivity index (χ4n) is 1.44. The molecule has 15 heavy (non-hydrogen) atoms. The van der Waals surface area contributed by atoms with Crippen molar-refractivity contribution in [1.29, 1.82) is 0 Å². The van der Waals surface area contributed by atoms with Crippen LogP contribution in [0.3, 0.4) is 0 Å². The summed E-state index contributed by atoms with van der Waals surface area (Å²) in [5, 5.41) is -0.0441. The zero-order chi connectivity index (χ0) is 9.80. The Bertz CT molecular complexity index is 346. The summed E-state index contributed by atoms with van der Waals surface area (Å²) < 4.78 is 0. The third kappa shape index (κ3) is 3.01. The van der Waals surface area contributed by atoms with Gasteiger partial charge in [-0.05, 0) is 11.1 Å². The molecule has 0 N–H and O–H groups in total. The third-order valence-electron chi connectivity index (χ3n) is 2.18. The van der Waals surface area contributed by atoms with E-state index in [2.05, 4.69) is 0 Å². The van der Waals surface area contributed by atoms with Gasteiger partial charge in [0, 0.05) is 0 Å². The summed E-state index contributed by atoms with van der Waals surface area (Å²) in [6.07, 6.45) is 0. The van der Waals surface area contributed by atoms with Gasteiger partial charge in [0.05, 0.1) is 5.38 Å². The SMILES string of the molecule is ClC(c1ccccc1)c1ccccc1.S. The van der Waals surface area contributed by atoms with Gasteiger partial charge in [-0.2, -0.15) is 13.5 Å². The second-order valence-electron chi connectivity index (χ2n) is 3.18. The van der Waals surface area contributed by atoms with E-state index in [1.807, 2.05) is 60.7 Å². The van der Waals surface area contributed by atoms with Crippen molar-refractivity contribution in [2.24, 2.45) is 0 Å². The van der Waals surface area contributed by atoms with Gasteiger partial charge in [0.2, 0.25) is 0 Å². The molecule has 0 saturated heterocycles. The van der Waals surface area contributed by atoms with Crippen molar-refractivity contribution in [3.05, 3.63) is 71.8 Å². The van der Waals surface area contributed by atoms with E-state index >= 15 is 0 Å². The first-order valence-corrected chi connectivity index (χ1v) is 5.05. The quantitative estimate of drug-likeness (QED) is 0.688. The van der Waals surface area contributed by atoms with Gasteiger partial charge in [0.15, 0.2) is 0 Å². The maximum Gasteiger partial charge on any atom is 0.0835 e. The highest BCUT2D eigenvalue weighted by Gasteiger charge is 2.08. The molecule has 2 aromatic rings. The molecule has 0 atom stereocenters. The van der Waals surface area contributed by atoms with Gasteiger partial charge in [0.1, 0.15) is 0 Å². The van der Waals surface area contributed by atoms with Crippen LogP contribution in [0.5, 0.6) is 0 Å². The Morgan fingerprint density at radius 2 is 1.00 bits per heavy atom. The van der Waals surface area contributed by atoms with Crippen LogP contribution in [-0.2, 0) is 0 Å². The van der Waals surface area contributed by atoms with Crippen molar-refractivity contribution in [1.82, 2.24) is 0 Å². The second-order valence-corrected chi connectivity index (χ2v) is 3.62. The average molecular weight is 237 g/mol.